The zero-order valence-corrected chi connectivity index (χ0v) is 8.80. The van der Waals surface area contributed by atoms with Crippen molar-refractivity contribution in [2.75, 3.05) is 0 Å². The topological polar surface area (TPSA) is 38.4 Å². The molecule has 0 saturated heterocycles. The van der Waals surface area contributed by atoms with E-state index in [1.165, 1.54) is 0 Å². The molecule has 0 fully saturated rings. The summed E-state index contributed by atoms with van der Waals surface area (Å²) in [6, 6.07) is 0. The molecule has 0 unspecified atom stereocenters. The fourth-order valence-electron chi connectivity index (χ4n) is 0.925. The molecule has 0 spiro atoms. The summed E-state index contributed by atoms with van der Waals surface area (Å²) in [5.41, 5.74) is 0. The smallest absolute Gasteiger partial charge is 0.212 e. The molecule has 0 N–H and O–H groups in total. The highest BCUT2D eigenvalue weighted by atomic mass is 32.1. The molecule has 0 aliphatic heterocycles. The molecule has 1 aromatic rings. The normalized spacial score (nSPS) is 12.7. The van der Waals surface area contributed by atoms with Crippen molar-refractivity contribution in [3.63, 3.8) is 0 Å². The van der Waals surface area contributed by atoms with Crippen LogP contribution >= 0.6 is 12.6 Å². The van der Waals surface area contributed by atoms with Gasteiger partial charge < -0.3 is 4.42 Å². The van der Waals surface area contributed by atoms with Gasteiger partial charge >= 0.3 is 0 Å². The second-order valence-electron chi connectivity index (χ2n) is 2.58. The Morgan fingerprint density at radius 2 is 2.38 bits per heavy atom. The van der Waals surface area contributed by atoms with E-state index in [0.29, 0.717) is 22.4 Å². The SMILES string of the molecule is Bc1nc(/N=C(\C)S)c(/C=C\C)o1. The van der Waals surface area contributed by atoms with Crippen LogP contribution in [-0.2, 0) is 0 Å². The van der Waals surface area contributed by atoms with Crippen LogP contribution in [0.5, 0.6) is 0 Å². The highest BCUT2D eigenvalue weighted by Crippen LogP contribution is 2.17. The maximum absolute atomic E-state index is 5.32. The number of nitrogens with zero attached hydrogens (tertiary/aromatic N) is 2. The fourth-order valence-corrected chi connectivity index (χ4v) is 1.02. The van der Waals surface area contributed by atoms with Crippen LogP contribution in [0.15, 0.2) is 15.5 Å². The summed E-state index contributed by atoms with van der Waals surface area (Å²) < 4.78 is 5.32. The molecule has 0 amide bonds. The predicted molar refractivity (Wildman–Crippen MR) is 61.1 cm³/mol. The standard InChI is InChI=1S/C8H11BN2OS/c1-3-4-6-7(10-5(2)13)11-8(9)12-6/h3-4H,9H2,1-2H3,(H,10,13)/b4-3-. The fraction of sp³-hybridized carbons (Fsp3) is 0.250. The summed E-state index contributed by atoms with van der Waals surface area (Å²) in [6.45, 7) is 3.71. The van der Waals surface area contributed by atoms with Crippen LogP contribution in [0.2, 0.25) is 0 Å². The van der Waals surface area contributed by atoms with Crippen molar-refractivity contribution in [2.24, 2.45) is 4.99 Å². The molecule has 1 heterocycles. The lowest BCUT2D eigenvalue weighted by Gasteiger charge is -1.88. The molecular formula is C8H11BN2OS. The maximum Gasteiger partial charge on any atom is 0.212 e. The second-order valence-corrected chi connectivity index (χ2v) is 3.23. The third-order valence-corrected chi connectivity index (χ3v) is 1.43. The van der Waals surface area contributed by atoms with Crippen molar-refractivity contribution >= 4 is 43.2 Å². The van der Waals surface area contributed by atoms with Gasteiger partial charge in [-0.3, -0.25) is 0 Å². The molecule has 0 aliphatic carbocycles. The van der Waals surface area contributed by atoms with Gasteiger partial charge in [0.05, 0.1) is 5.04 Å². The molecule has 3 nitrogen and oxygen atoms in total. The number of aliphatic imine (C=N–C) groups is 1. The highest BCUT2D eigenvalue weighted by molar-refractivity contribution is 7.96. The van der Waals surface area contributed by atoms with Crippen molar-refractivity contribution in [3.8, 4) is 0 Å². The van der Waals surface area contributed by atoms with Crippen LogP contribution in [0.3, 0.4) is 0 Å². The average Bonchev–Trinajstić information content (AvgIpc) is 2.31. The van der Waals surface area contributed by atoms with E-state index >= 15 is 0 Å². The zero-order valence-electron chi connectivity index (χ0n) is 7.90. The van der Waals surface area contributed by atoms with Crippen LogP contribution in [0.4, 0.5) is 5.82 Å². The zero-order chi connectivity index (χ0) is 9.84. The Labute approximate surface area is 83.8 Å². The third kappa shape index (κ3) is 2.77. The minimum Gasteiger partial charge on any atom is -0.450 e. The lowest BCUT2D eigenvalue weighted by molar-refractivity contribution is 0.586. The molecule has 1 rings (SSSR count). The van der Waals surface area contributed by atoms with E-state index < -0.39 is 0 Å². The molecule has 13 heavy (non-hydrogen) atoms. The van der Waals surface area contributed by atoms with Crippen molar-refractivity contribution in [1.29, 1.82) is 0 Å². The number of hydrogen-bond acceptors (Lipinski definition) is 3. The summed E-state index contributed by atoms with van der Waals surface area (Å²) in [6.07, 6.45) is 3.71. The van der Waals surface area contributed by atoms with E-state index in [9.17, 15) is 0 Å². The summed E-state index contributed by atoms with van der Waals surface area (Å²) in [5.74, 6) is 1.87. The Morgan fingerprint density at radius 3 is 2.92 bits per heavy atom. The minimum absolute atomic E-state index is 0.586. The van der Waals surface area contributed by atoms with Crippen LogP contribution in [-0.4, -0.2) is 17.9 Å². The molecule has 5 heteroatoms. The van der Waals surface area contributed by atoms with Gasteiger partial charge in [-0.15, -0.1) is 12.6 Å². The van der Waals surface area contributed by atoms with Crippen molar-refractivity contribution in [1.82, 2.24) is 4.98 Å². The third-order valence-electron chi connectivity index (χ3n) is 1.33. The summed E-state index contributed by atoms with van der Waals surface area (Å²) in [7, 11) is 1.79. The van der Waals surface area contributed by atoms with Gasteiger partial charge in [0.1, 0.15) is 5.79 Å². The number of rotatable bonds is 2. The van der Waals surface area contributed by atoms with E-state index in [1.807, 2.05) is 19.1 Å². The van der Waals surface area contributed by atoms with Gasteiger partial charge in [-0.25, -0.2) is 9.98 Å². The van der Waals surface area contributed by atoms with E-state index in [1.54, 1.807) is 14.8 Å². The van der Waals surface area contributed by atoms with Gasteiger partial charge in [-0.2, -0.15) is 0 Å². The molecule has 0 saturated carbocycles. The Balaban J connectivity index is 3.11. The van der Waals surface area contributed by atoms with Crippen molar-refractivity contribution in [3.05, 3.63) is 11.8 Å². The van der Waals surface area contributed by atoms with Crippen molar-refractivity contribution in [2.45, 2.75) is 13.8 Å². The molecule has 0 aliphatic rings. The quantitative estimate of drug-likeness (QED) is 0.329. The van der Waals surface area contributed by atoms with E-state index in [2.05, 4.69) is 22.6 Å². The molecular weight excluding hydrogens is 183 g/mol. The number of aromatic nitrogens is 1. The average molecular weight is 194 g/mol. The Bertz CT molecular complexity index is 353. The van der Waals surface area contributed by atoms with Gasteiger partial charge in [-0.1, -0.05) is 6.08 Å². The second kappa shape index (κ2) is 4.32. The molecule has 0 radical (unpaired) electrons. The van der Waals surface area contributed by atoms with Gasteiger partial charge in [0.15, 0.2) is 11.6 Å². The highest BCUT2D eigenvalue weighted by Gasteiger charge is 2.05. The lowest BCUT2D eigenvalue weighted by atomic mass is 10.2. The molecule has 0 atom stereocenters. The predicted octanol–water partition coefficient (Wildman–Crippen LogP) is 0.946. The monoisotopic (exact) mass is 194 g/mol. The number of allylic oxidation sites excluding steroid dienone is 1. The van der Waals surface area contributed by atoms with Crippen LogP contribution in [0.25, 0.3) is 6.08 Å². The molecule has 0 aromatic carbocycles. The first-order chi connectivity index (χ1) is 6.13. The Morgan fingerprint density at radius 1 is 1.69 bits per heavy atom. The van der Waals surface area contributed by atoms with E-state index in [-0.39, 0.29) is 0 Å². The minimum atomic E-state index is 0.586. The summed E-state index contributed by atoms with van der Waals surface area (Å²) in [5, 5.41) is 0.666. The molecule has 1 aromatic heterocycles. The van der Waals surface area contributed by atoms with E-state index in [0.717, 1.165) is 0 Å². The van der Waals surface area contributed by atoms with Crippen LogP contribution in [0.1, 0.15) is 19.6 Å². The molecule has 68 valence electrons. The Kier molecular flexibility index (Phi) is 3.36. The number of hydrogen-bond donors (Lipinski definition) is 1. The van der Waals surface area contributed by atoms with Crippen LogP contribution < -0.4 is 5.79 Å². The van der Waals surface area contributed by atoms with Gasteiger partial charge in [0, 0.05) is 0 Å². The largest absolute Gasteiger partial charge is 0.450 e. The number of thiol groups is 1. The first-order valence-corrected chi connectivity index (χ1v) is 4.42. The van der Waals surface area contributed by atoms with Gasteiger partial charge in [-0.05, 0) is 19.9 Å². The van der Waals surface area contributed by atoms with Crippen molar-refractivity contribution < 1.29 is 4.42 Å². The maximum atomic E-state index is 5.32. The first kappa shape index (κ1) is 10.1. The van der Waals surface area contributed by atoms with Gasteiger partial charge in [0.2, 0.25) is 7.85 Å². The summed E-state index contributed by atoms with van der Waals surface area (Å²) >= 11 is 4.08. The number of oxazole rings is 1. The Hall–Kier alpha value is -0.965. The molecule has 0 bridgehead atoms. The first-order valence-electron chi connectivity index (χ1n) is 3.98. The summed E-state index contributed by atoms with van der Waals surface area (Å²) in [4.78, 5) is 8.24. The van der Waals surface area contributed by atoms with Gasteiger partial charge in [0.25, 0.3) is 0 Å². The lowest BCUT2D eigenvalue weighted by Crippen LogP contribution is -1.99. The van der Waals surface area contributed by atoms with E-state index in [4.69, 9.17) is 4.42 Å². The van der Waals surface area contributed by atoms with Crippen LogP contribution in [0, 0.1) is 0 Å².